The van der Waals surface area contributed by atoms with Gasteiger partial charge in [0.15, 0.2) is 0 Å². The van der Waals surface area contributed by atoms with Crippen molar-refractivity contribution in [3.8, 4) is 0 Å². The summed E-state index contributed by atoms with van der Waals surface area (Å²) in [5.74, 6) is 0.574. The number of pyridine rings is 1. The molecule has 3 aromatic heterocycles. The molecule has 0 aliphatic carbocycles. The van der Waals surface area contributed by atoms with Crippen LogP contribution in [0.25, 0.3) is 5.65 Å². The highest BCUT2D eigenvalue weighted by molar-refractivity contribution is 5.49. The number of fused-ring (bicyclic) bond motifs is 1. The standard InChI is InChI=1S/C18H17F3N6O/c1-25(17-22-7-5-13(23-17)18(19,20)21)12-6-9-26(11-12)15-10-16(28)27-8-3-2-4-14(27)24-15/h2-5,7-8,10,12H,6,9,11H2,1H3. The van der Waals surface area contributed by atoms with Gasteiger partial charge in [0.25, 0.3) is 5.56 Å². The predicted molar refractivity (Wildman–Crippen MR) is 97.5 cm³/mol. The number of aromatic nitrogens is 4. The van der Waals surface area contributed by atoms with Gasteiger partial charge < -0.3 is 9.80 Å². The van der Waals surface area contributed by atoms with E-state index in [-0.39, 0.29) is 17.5 Å². The maximum absolute atomic E-state index is 12.9. The summed E-state index contributed by atoms with van der Waals surface area (Å²) in [7, 11) is 1.67. The van der Waals surface area contributed by atoms with E-state index in [9.17, 15) is 18.0 Å². The highest BCUT2D eigenvalue weighted by Gasteiger charge is 2.34. The van der Waals surface area contributed by atoms with Crippen molar-refractivity contribution < 1.29 is 13.2 Å². The van der Waals surface area contributed by atoms with Gasteiger partial charge >= 0.3 is 6.18 Å². The van der Waals surface area contributed by atoms with E-state index in [1.54, 1.807) is 36.3 Å². The third-order valence-corrected chi connectivity index (χ3v) is 4.84. The topological polar surface area (TPSA) is 66.6 Å². The molecule has 1 atom stereocenters. The van der Waals surface area contributed by atoms with Gasteiger partial charge in [0.1, 0.15) is 17.2 Å². The van der Waals surface area contributed by atoms with Gasteiger partial charge in [0.2, 0.25) is 5.95 Å². The Morgan fingerprint density at radius 3 is 2.82 bits per heavy atom. The predicted octanol–water partition coefficient (Wildman–Crippen LogP) is 2.22. The molecule has 7 nitrogen and oxygen atoms in total. The molecule has 1 aliphatic heterocycles. The Kier molecular flexibility index (Phi) is 4.40. The van der Waals surface area contributed by atoms with E-state index in [0.717, 1.165) is 12.3 Å². The zero-order valence-corrected chi connectivity index (χ0v) is 15.0. The van der Waals surface area contributed by atoms with Crippen molar-refractivity contribution in [2.45, 2.75) is 18.6 Å². The lowest BCUT2D eigenvalue weighted by molar-refractivity contribution is -0.141. The van der Waals surface area contributed by atoms with Crippen molar-refractivity contribution in [2.75, 3.05) is 29.9 Å². The third kappa shape index (κ3) is 3.37. The van der Waals surface area contributed by atoms with E-state index in [1.165, 1.54) is 10.5 Å². The van der Waals surface area contributed by atoms with Crippen LogP contribution in [0.2, 0.25) is 0 Å². The Morgan fingerprint density at radius 1 is 1.21 bits per heavy atom. The minimum absolute atomic E-state index is 0.0215. The number of hydrogen-bond donors (Lipinski definition) is 0. The molecule has 0 radical (unpaired) electrons. The number of hydrogen-bond acceptors (Lipinski definition) is 6. The van der Waals surface area contributed by atoms with Gasteiger partial charge in [-0.15, -0.1) is 0 Å². The lowest BCUT2D eigenvalue weighted by Gasteiger charge is -2.25. The molecule has 10 heteroatoms. The highest BCUT2D eigenvalue weighted by Crippen LogP contribution is 2.29. The van der Waals surface area contributed by atoms with Crippen LogP contribution in [-0.4, -0.2) is 45.5 Å². The number of nitrogens with zero attached hydrogens (tertiary/aromatic N) is 6. The maximum Gasteiger partial charge on any atom is 0.433 e. The summed E-state index contributed by atoms with van der Waals surface area (Å²) in [6, 6.07) is 7.53. The van der Waals surface area contributed by atoms with Crippen molar-refractivity contribution in [1.29, 1.82) is 0 Å². The first-order chi connectivity index (χ1) is 13.3. The number of alkyl halides is 3. The van der Waals surface area contributed by atoms with Crippen molar-refractivity contribution >= 4 is 17.4 Å². The van der Waals surface area contributed by atoms with E-state index in [0.29, 0.717) is 31.0 Å². The first kappa shape index (κ1) is 18.2. The average Bonchev–Trinajstić information content (AvgIpc) is 3.17. The Labute approximate surface area is 158 Å². The summed E-state index contributed by atoms with van der Waals surface area (Å²) >= 11 is 0. The van der Waals surface area contributed by atoms with Crippen LogP contribution in [0.3, 0.4) is 0 Å². The molecule has 0 bridgehead atoms. The summed E-state index contributed by atoms with van der Waals surface area (Å²) in [4.78, 5) is 28.0. The minimum Gasteiger partial charge on any atom is -0.354 e. The fourth-order valence-electron chi connectivity index (χ4n) is 3.31. The molecule has 3 aromatic rings. The van der Waals surface area contributed by atoms with E-state index in [1.807, 2.05) is 4.90 Å². The van der Waals surface area contributed by atoms with Crippen molar-refractivity contribution in [2.24, 2.45) is 0 Å². The first-order valence-corrected chi connectivity index (χ1v) is 8.69. The number of rotatable bonds is 3. The van der Waals surface area contributed by atoms with Crippen LogP contribution >= 0.6 is 0 Å². The molecule has 1 aliphatic rings. The number of halogens is 3. The molecule has 0 aromatic carbocycles. The van der Waals surface area contributed by atoms with Crippen molar-refractivity contribution in [3.05, 3.63) is 58.8 Å². The van der Waals surface area contributed by atoms with Crippen LogP contribution in [0.1, 0.15) is 12.1 Å². The molecule has 1 unspecified atom stereocenters. The molecule has 1 saturated heterocycles. The van der Waals surface area contributed by atoms with Crippen LogP contribution in [0.5, 0.6) is 0 Å². The fourth-order valence-corrected chi connectivity index (χ4v) is 3.31. The van der Waals surface area contributed by atoms with Crippen LogP contribution in [0.4, 0.5) is 24.9 Å². The van der Waals surface area contributed by atoms with Gasteiger partial charge in [-0.05, 0) is 24.6 Å². The zero-order chi connectivity index (χ0) is 19.9. The summed E-state index contributed by atoms with van der Waals surface area (Å²) in [5, 5.41) is 0. The van der Waals surface area contributed by atoms with E-state index in [2.05, 4.69) is 15.0 Å². The van der Waals surface area contributed by atoms with E-state index in [4.69, 9.17) is 0 Å². The molecule has 4 heterocycles. The molecule has 28 heavy (non-hydrogen) atoms. The van der Waals surface area contributed by atoms with Gasteiger partial charge in [0, 0.05) is 38.6 Å². The Morgan fingerprint density at radius 2 is 2.04 bits per heavy atom. The summed E-state index contributed by atoms with van der Waals surface area (Å²) in [6.07, 6.45) is -1.07. The van der Waals surface area contributed by atoms with Crippen LogP contribution < -0.4 is 15.4 Å². The lowest BCUT2D eigenvalue weighted by atomic mass is 10.2. The second-order valence-electron chi connectivity index (χ2n) is 6.62. The second-order valence-corrected chi connectivity index (χ2v) is 6.62. The first-order valence-electron chi connectivity index (χ1n) is 8.69. The number of likely N-dealkylation sites (N-methyl/N-ethyl adjacent to an activating group) is 1. The fraction of sp³-hybridized carbons (Fsp3) is 0.333. The normalized spacial score (nSPS) is 17.3. The van der Waals surface area contributed by atoms with Crippen LogP contribution in [-0.2, 0) is 6.18 Å². The summed E-state index contributed by atoms with van der Waals surface area (Å²) in [5.41, 5.74) is -0.606. The van der Waals surface area contributed by atoms with Crippen molar-refractivity contribution in [3.63, 3.8) is 0 Å². The van der Waals surface area contributed by atoms with Gasteiger partial charge in [0.05, 0.1) is 6.04 Å². The molecule has 0 saturated carbocycles. The monoisotopic (exact) mass is 390 g/mol. The Balaban J connectivity index is 1.55. The average molecular weight is 390 g/mol. The van der Waals surface area contributed by atoms with Gasteiger partial charge in [-0.2, -0.15) is 13.2 Å². The van der Waals surface area contributed by atoms with Gasteiger partial charge in [-0.1, -0.05) is 6.07 Å². The molecule has 0 N–H and O–H groups in total. The smallest absolute Gasteiger partial charge is 0.354 e. The summed E-state index contributed by atoms with van der Waals surface area (Å²) in [6.45, 7) is 1.13. The molecule has 4 rings (SSSR count). The number of anilines is 2. The van der Waals surface area contributed by atoms with Gasteiger partial charge in [-0.25, -0.2) is 15.0 Å². The zero-order valence-electron chi connectivity index (χ0n) is 15.0. The summed E-state index contributed by atoms with van der Waals surface area (Å²) < 4.78 is 40.2. The minimum atomic E-state index is -4.52. The molecule has 1 fully saturated rings. The molecular weight excluding hydrogens is 373 g/mol. The highest BCUT2D eigenvalue weighted by atomic mass is 19.4. The Bertz CT molecular complexity index is 1070. The molecule has 0 amide bonds. The van der Waals surface area contributed by atoms with Crippen LogP contribution in [0, 0.1) is 0 Å². The largest absolute Gasteiger partial charge is 0.433 e. The second kappa shape index (κ2) is 6.77. The van der Waals surface area contributed by atoms with Gasteiger partial charge in [-0.3, -0.25) is 9.20 Å². The molecular formula is C18H17F3N6O. The lowest BCUT2D eigenvalue weighted by Crippen LogP contribution is -2.36. The maximum atomic E-state index is 12.9. The molecule has 146 valence electrons. The van der Waals surface area contributed by atoms with Crippen molar-refractivity contribution in [1.82, 2.24) is 19.4 Å². The van der Waals surface area contributed by atoms with E-state index >= 15 is 0 Å². The Hall–Kier alpha value is -3.17. The quantitative estimate of drug-likeness (QED) is 0.683. The van der Waals surface area contributed by atoms with E-state index < -0.39 is 11.9 Å². The molecule has 0 spiro atoms. The third-order valence-electron chi connectivity index (χ3n) is 4.84. The van der Waals surface area contributed by atoms with Crippen LogP contribution in [0.15, 0.2) is 47.5 Å². The SMILES string of the molecule is CN(c1nccc(C(F)(F)F)n1)C1CCN(c2cc(=O)n3ccccc3n2)C1.